The second-order valence-electron chi connectivity index (χ2n) is 2.75. The van der Waals surface area contributed by atoms with Gasteiger partial charge in [0.25, 0.3) is 0 Å². The fraction of sp³-hybridized carbons (Fsp3) is 1.00. The van der Waals surface area contributed by atoms with Crippen LogP contribution in [0.5, 0.6) is 0 Å². The highest BCUT2D eigenvalue weighted by Crippen LogP contribution is 2.09. The lowest BCUT2D eigenvalue weighted by Crippen LogP contribution is -2.29. The van der Waals surface area contributed by atoms with Crippen molar-refractivity contribution in [1.82, 2.24) is 0 Å². The van der Waals surface area contributed by atoms with Crippen LogP contribution in [0.15, 0.2) is 0 Å². The van der Waals surface area contributed by atoms with Gasteiger partial charge >= 0.3 is 0 Å². The van der Waals surface area contributed by atoms with Crippen molar-refractivity contribution < 1.29 is 4.43 Å². The Kier molecular flexibility index (Phi) is 4.87. The molecule has 0 fully saturated rings. The average Bonchev–Trinajstić information content (AvgIpc) is 1.84. The van der Waals surface area contributed by atoms with Crippen LogP contribution in [0.2, 0.25) is 24.4 Å². The molecule has 9 heavy (non-hydrogen) atoms. The zero-order chi connectivity index (χ0) is 7.33. The van der Waals surface area contributed by atoms with E-state index in [4.69, 9.17) is 4.43 Å². The smallest absolute Gasteiger partial charge is 0.186 e. The van der Waals surface area contributed by atoms with Gasteiger partial charge in [-0.1, -0.05) is 12.2 Å². The summed E-state index contributed by atoms with van der Waals surface area (Å²) in [5.74, 6) is 0. The molecule has 0 bridgehead atoms. The largest absolute Gasteiger partial charge is 0.419 e. The normalized spacial score (nSPS) is 11.9. The van der Waals surface area contributed by atoms with Crippen LogP contribution in [0.1, 0.15) is 6.92 Å². The summed E-state index contributed by atoms with van der Waals surface area (Å²) in [6.07, 6.45) is 0. The molecule has 3 heteroatoms. The third kappa shape index (κ3) is 5.17. The second kappa shape index (κ2) is 4.51. The summed E-state index contributed by atoms with van der Waals surface area (Å²) in [5, 5.41) is 1.07. The Balaban J connectivity index is 3.33. The quantitative estimate of drug-likeness (QED) is 0.567. The minimum Gasteiger partial charge on any atom is -0.419 e. The Bertz CT molecular complexity index is 75.5. The predicted octanol–water partition coefficient (Wildman–Crippen LogP) is 1.81. The van der Waals surface area contributed by atoms with Gasteiger partial charge in [0.1, 0.15) is 16.3 Å². The van der Waals surface area contributed by atoms with E-state index in [0.717, 1.165) is 11.9 Å². The van der Waals surface area contributed by atoms with Gasteiger partial charge in [-0.05, 0) is 19.1 Å². The van der Waals surface area contributed by atoms with Crippen LogP contribution in [0, 0.1) is 0 Å². The van der Waals surface area contributed by atoms with Crippen LogP contribution < -0.4 is 0 Å². The van der Waals surface area contributed by atoms with Crippen LogP contribution in [0.25, 0.3) is 0 Å². The summed E-state index contributed by atoms with van der Waals surface area (Å²) >= 11 is 2.68. The van der Waals surface area contributed by atoms with Crippen molar-refractivity contribution in [2.45, 2.75) is 31.3 Å². The summed E-state index contributed by atoms with van der Waals surface area (Å²) in [7, 11) is -1.21. The Hall–Kier alpha value is 0.709. The monoisotopic (exact) mass is 158 g/mol. The molecule has 0 saturated heterocycles. The molecule has 1 nitrogen and oxygen atoms in total. The lowest BCUT2D eigenvalue weighted by atomic mass is 10.9. The van der Waals surface area contributed by atoms with Crippen LogP contribution in [-0.2, 0) is 4.43 Å². The molecule has 0 N–H and O–H groups in total. The van der Waals surface area contributed by atoms with Gasteiger partial charge in [0.2, 0.25) is 0 Å². The molecule has 0 aliphatic heterocycles. The van der Waals surface area contributed by atoms with Crippen molar-refractivity contribution >= 4 is 24.6 Å². The van der Waals surface area contributed by atoms with E-state index in [1.807, 2.05) is 0 Å². The molecular formula is C6H15AlOSi. The lowest BCUT2D eigenvalue weighted by molar-refractivity contribution is 0.330. The van der Waals surface area contributed by atoms with Crippen molar-refractivity contribution in [2.75, 3.05) is 6.61 Å². The molecule has 52 valence electrons. The molecule has 2 radical (unpaired) electrons. The molecule has 0 aromatic rings. The minimum atomic E-state index is -1.21. The molecule has 0 heterocycles. The Labute approximate surface area is 67.3 Å². The minimum absolute atomic E-state index is 0.914. The molecule has 0 aromatic carbocycles. The molecule has 0 unspecified atom stereocenters. The fourth-order valence-electron chi connectivity index (χ4n) is 0.437. The van der Waals surface area contributed by atoms with E-state index in [0.29, 0.717) is 0 Å². The molecule has 0 amide bonds. The third-order valence-electron chi connectivity index (χ3n) is 1.46. The molecule has 0 aliphatic carbocycles. The van der Waals surface area contributed by atoms with Gasteiger partial charge in [0, 0.05) is 6.61 Å². The van der Waals surface area contributed by atoms with Crippen molar-refractivity contribution in [3.63, 3.8) is 0 Å². The maximum atomic E-state index is 5.65. The zero-order valence-corrected chi connectivity index (χ0v) is 8.76. The van der Waals surface area contributed by atoms with E-state index in [1.54, 1.807) is 0 Å². The maximum Gasteiger partial charge on any atom is 0.186 e. The van der Waals surface area contributed by atoms with Gasteiger partial charge in [-0.25, -0.2) is 0 Å². The summed E-state index contributed by atoms with van der Waals surface area (Å²) in [4.78, 5) is 0. The first-order valence-corrected chi connectivity index (χ1v) is 7.39. The Morgan fingerprint density at radius 2 is 2.00 bits per heavy atom. The molecular weight excluding hydrogens is 143 g/mol. The summed E-state index contributed by atoms with van der Waals surface area (Å²) in [6.45, 7) is 7.63. The lowest BCUT2D eigenvalue weighted by Gasteiger charge is -2.20. The number of hydrogen-bond donors (Lipinski definition) is 0. The van der Waals surface area contributed by atoms with Gasteiger partial charge in [-0.2, -0.15) is 0 Å². The molecule has 0 saturated carbocycles. The molecule has 0 aliphatic rings. The van der Waals surface area contributed by atoms with E-state index in [1.165, 1.54) is 6.04 Å². The van der Waals surface area contributed by atoms with Gasteiger partial charge in [0.15, 0.2) is 8.32 Å². The first-order valence-electron chi connectivity index (χ1n) is 3.46. The summed E-state index contributed by atoms with van der Waals surface area (Å²) < 4.78 is 5.65. The highest BCUT2D eigenvalue weighted by atomic mass is 28.4. The van der Waals surface area contributed by atoms with Crippen LogP contribution >= 0.6 is 0 Å². The first-order chi connectivity index (χ1) is 4.12. The zero-order valence-electron chi connectivity index (χ0n) is 6.61. The van der Waals surface area contributed by atoms with Gasteiger partial charge in [-0.15, -0.1) is 0 Å². The SMILES string of the molecule is CC[Si](C)(C)OC[CH2][Al]. The summed E-state index contributed by atoms with van der Waals surface area (Å²) in [6, 6.07) is 1.22. The molecule has 0 aromatic heterocycles. The Morgan fingerprint density at radius 1 is 1.44 bits per heavy atom. The first kappa shape index (κ1) is 9.71. The molecule has 0 rings (SSSR count). The number of rotatable bonds is 4. The van der Waals surface area contributed by atoms with Crippen molar-refractivity contribution in [1.29, 1.82) is 0 Å². The van der Waals surface area contributed by atoms with Crippen molar-refractivity contribution in [3.8, 4) is 0 Å². The fourth-order valence-corrected chi connectivity index (χ4v) is 1.67. The number of hydrogen-bond acceptors (Lipinski definition) is 1. The van der Waals surface area contributed by atoms with Crippen molar-refractivity contribution in [2.24, 2.45) is 0 Å². The topological polar surface area (TPSA) is 9.23 Å². The van der Waals surface area contributed by atoms with Crippen LogP contribution in [-0.4, -0.2) is 31.2 Å². The second-order valence-corrected chi connectivity index (χ2v) is 7.84. The highest BCUT2D eigenvalue weighted by Gasteiger charge is 2.17. The van der Waals surface area contributed by atoms with Gasteiger partial charge < -0.3 is 4.43 Å². The average molecular weight is 158 g/mol. The maximum absolute atomic E-state index is 5.65. The standard InChI is InChI=1S/C6H15OSi.Al/c1-5-7-8(3,4)6-2;/h1,5-6H2,2-4H3;. The summed E-state index contributed by atoms with van der Waals surface area (Å²) in [5.41, 5.74) is 0. The van der Waals surface area contributed by atoms with E-state index in [2.05, 4.69) is 36.3 Å². The predicted molar refractivity (Wildman–Crippen MR) is 44.5 cm³/mol. The molecule has 0 spiro atoms. The third-order valence-corrected chi connectivity index (χ3v) is 4.39. The van der Waals surface area contributed by atoms with Gasteiger partial charge in [0.05, 0.1) is 0 Å². The van der Waals surface area contributed by atoms with E-state index >= 15 is 0 Å². The van der Waals surface area contributed by atoms with Gasteiger partial charge in [-0.3, -0.25) is 0 Å². The van der Waals surface area contributed by atoms with Crippen LogP contribution in [0.4, 0.5) is 0 Å². The van der Waals surface area contributed by atoms with Crippen LogP contribution in [0.3, 0.4) is 0 Å². The van der Waals surface area contributed by atoms with Crippen molar-refractivity contribution in [3.05, 3.63) is 0 Å². The van der Waals surface area contributed by atoms with E-state index in [-0.39, 0.29) is 0 Å². The molecule has 0 atom stereocenters. The highest BCUT2D eigenvalue weighted by molar-refractivity contribution is 6.71. The Morgan fingerprint density at radius 3 is 2.33 bits per heavy atom. The van der Waals surface area contributed by atoms with E-state index < -0.39 is 8.32 Å². The van der Waals surface area contributed by atoms with E-state index in [9.17, 15) is 0 Å².